The zero-order chi connectivity index (χ0) is 14.0. The van der Waals surface area contributed by atoms with Gasteiger partial charge in [-0.3, -0.25) is 4.90 Å². The molecule has 0 aromatic heterocycles. The molecule has 19 heavy (non-hydrogen) atoms. The molecule has 1 aliphatic rings. The summed E-state index contributed by atoms with van der Waals surface area (Å²) in [6, 6.07) is 2.45. The summed E-state index contributed by atoms with van der Waals surface area (Å²) in [6.45, 7) is 1.02. The van der Waals surface area contributed by atoms with Crippen LogP contribution in [0.2, 0.25) is 0 Å². The molecule has 0 spiro atoms. The van der Waals surface area contributed by atoms with Crippen molar-refractivity contribution >= 4 is 0 Å². The average molecular weight is 272 g/mol. The van der Waals surface area contributed by atoms with Crippen LogP contribution in [0, 0.1) is 23.4 Å². The number of halogens is 3. The molecule has 0 amide bonds. The van der Waals surface area contributed by atoms with Gasteiger partial charge in [0.05, 0.1) is 0 Å². The first-order valence-corrected chi connectivity index (χ1v) is 6.56. The predicted octanol–water partition coefficient (Wildman–Crippen LogP) is 2.66. The van der Waals surface area contributed by atoms with Crippen molar-refractivity contribution in [1.29, 1.82) is 0 Å². The molecule has 0 aliphatic heterocycles. The van der Waals surface area contributed by atoms with E-state index in [4.69, 9.17) is 5.73 Å². The Morgan fingerprint density at radius 3 is 2.42 bits per heavy atom. The van der Waals surface area contributed by atoms with E-state index in [9.17, 15) is 13.2 Å². The Kier molecular flexibility index (Phi) is 4.47. The lowest BCUT2D eigenvalue weighted by Crippen LogP contribution is -2.37. The molecule has 2 atom stereocenters. The summed E-state index contributed by atoms with van der Waals surface area (Å²) in [6.07, 6.45) is 3.27. The van der Waals surface area contributed by atoms with Gasteiger partial charge in [-0.05, 0) is 50.0 Å². The van der Waals surface area contributed by atoms with Gasteiger partial charge in [-0.15, -0.1) is 0 Å². The third-order valence-electron chi connectivity index (χ3n) is 3.96. The van der Waals surface area contributed by atoms with Crippen molar-refractivity contribution in [2.24, 2.45) is 11.7 Å². The van der Waals surface area contributed by atoms with Gasteiger partial charge in [0.15, 0.2) is 17.5 Å². The molecule has 1 saturated carbocycles. The van der Waals surface area contributed by atoms with Gasteiger partial charge < -0.3 is 5.73 Å². The Balaban J connectivity index is 2.08. The standard InChI is InChI=1S/C14H19F3N2/c1-19(13-4-2-3-10(13)7-18)8-9-5-11(15)14(17)12(16)6-9/h5-6,10,13H,2-4,7-8,18H2,1H3. The summed E-state index contributed by atoms with van der Waals surface area (Å²) < 4.78 is 39.2. The molecule has 2 nitrogen and oxygen atoms in total. The van der Waals surface area contributed by atoms with Gasteiger partial charge in [0.2, 0.25) is 0 Å². The molecule has 5 heteroatoms. The lowest BCUT2D eigenvalue weighted by Gasteiger charge is -2.29. The maximum absolute atomic E-state index is 13.2. The zero-order valence-electron chi connectivity index (χ0n) is 11.0. The summed E-state index contributed by atoms with van der Waals surface area (Å²) in [5.74, 6) is -3.25. The zero-order valence-corrected chi connectivity index (χ0v) is 11.0. The third-order valence-corrected chi connectivity index (χ3v) is 3.96. The summed E-state index contributed by atoms with van der Waals surface area (Å²) in [7, 11) is 1.91. The molecule has 2 rings (SSSR count). The summed E-state index contributed by atoms with van der Waals surface area (Å²) >= 11 is 0. The van der Waals surface area contributed by atoms with Crippen LogP contribution in [0.5, 0.6) is 0 Å². The second-order valence-corrected chi connectivity index (χ2v) is 5.28. The maximum atomic E-state index is 13.2. The highest BCUT2D eigenvalue weighted by molar-refractivity contribution is 5.19. The Labute approximate surface area is 111 Å². The Bertz CT molecular complexity index is 427. The van der Waals surface area contributed by atoms with E-state index in [1.165, 1.54) is 0 Å². The molecule has 1 aromatic carbocycles. The Hall–Kier alpha value is -1.07. The molecule has 2 unspecified atom stereocenters. The lowest BCUT2D eigenvalue weighted by atomic mass is 10.0. The van der Waals surface area contributed by atoms with E-state index in [0.29, 0.717) is 30.6 Å². The van der Waals surface area contributed by atoms with Crippen LogP contribution >= 0.6 is 0 Å². The lowest BCUT2D eigenvalue weighted by molar-refractivity contribution is 0.192. The molecule has 0 bridgehead atoms. The molecule has 2 N–H and O–H groups in total. The highest BCUT2D eigenvalue weighted by Gasteiger charge is 2.29. The van der Waals surface area contributed by atoms with E-state index in [2.05, 4.69) is 4.90 Å². The highest BCUT2D eigenvalue weighted by Crippen LogP contribution is 2.29. The van der Waals surface area contributed by atoms with Gasteiger partial charge in [0.25, 0.3) is 0 Å². The number of nitrogens with two attached hydrogens (primary N) is 1. The first-order valence-electron chi connectivity index (χ1n) is 6.56. The third kappa shape index (κ3) is 3.09. The van der Waals surface area contributed by atoms with Gasteiger partial charge >= 0.3 is 0 Å². The number of hydrogen-bond donors (Lipinski definition) is 1. The van der Waals surface area contributed by atoms with Gasteiger partial charge in [-0.1, -0.05) is 6.42 Å². The van der Waals surface area contributed by atoms with E-state index in [0.717, 1.165) is 31.4 Å². The predicted molar refractivity (Wildman–Crippen MR) is 68.0 cm³/mol. The number of benzene rings is 1. The largest absolute Gasteiger partial charge is 0.330 e. The molecule has 106 valence electrons. The van der Waals surface area contributed by atoms with Crippen LogP contribution in [0.25, 0.3) is 0 Å². The topological polar surface area (TPSA) is 29.3 Å². The molecule has 1 fully saturated rings. The number of rotatable bonds is 4. The molecule has 1 aliphatic carbocycles. The van der Waals surface area contributed by atoms with Crippen LogP contribution in [-0.4, -0.2) is 24.5 Å². The van der Waals surface area contributed by atoms with E-state index in [-0.39, 0.29) is 0 Å². The van der Waals surface area contributed by atoms with Crippen LogP contribution < -0.4 is 5.73 Å². The second-order valence-electron chi connectivity index (χ2n) is 5.28. The van der Waals surface area contributed by atoms with Crippen LogP contribution in [-0.2, 0) is 6.54 Å². The van der Waals surface area contributed by atoms with Crippen molar-refractivity contribution in [2.45, 2.75) is 31.8 Å². The van der Waals surface area contributed by atoms with Gasteiger partial charge in [-0.25, -0.2) is 13.2 Å². The van der Waals surface area contributed by atoms with Crippen LogP contribution in [0.15, 0.2) is 12.1 Å². The Morgan fingerprint density at radius 1 is 1.21 bits per heavy atom. The summed E-state index contributed by atoms with van der Waals surface area (Å²) in [4.78, 5) is 2.05. The van der Waals surface area contributed by atoms with Crippen molar-refractivity contribution in [2.75, 3.05) is 13.6 Å². The van der Waals surface area contributed by atoms with Crippen LogP contribution in [0.3, 0.4) is 0 Å². The van der Waals surface area contributed by atoms with E-state index in [1.807, 2.05) is 7.05 Å². The smallest absolute Gasteiger partial charge is 0.194 e. The first-order chi connectivity index (χ1) is 9.02. The minimum absolute atomic E-state index is 0.334. The molecule has 0 radical (unpaired) electrons. The van der Waals surface area contributed by atoms with Gasteiger partial charge in [-0.2, -0.15) is 0 Å². The Morgan fingerprint density at radius 2 is 1.84 bits per heavy atom. The van der Waals surface area contributed by atoms with Crippen molar-refractivity contribution in [3.63, 3.8) is 0 Å². The normalized spacial score (nSPS) is 23.3. The minimum Gasteiger partial charge on any atom is -0.330 e. The van der Waals surface area contributed by atoms with E-state index >= 15 is 0 Å². The number of hydrogen-bond acceptors (Lipinski definition) is 2. The van der Waals surface area contributed by atoms with Gasteiger partial charge in [0, 0.05) is 12.6 Å². The SMILES string of the molecule is CN(Cc1cc(F)c(F)c(F)c1)C1CCCC1CN. The van der Waals surface area contributed by atoms with Crippen LogP contribution in [0.4, 0.5) is 13.2 Å². The van der Waals surface area contributed by atoms with Gasteiger partial charge in [0.1, 0.15) is 0 Å². The van der Waals surface area contributed by atoms with E-state index in [1.54, 1.807) is 0 Å². The molecular weight excluding hydrogens is 253 g/mol. The number of nitrogens with zero attached hydrogens (tertiary/aromatic N) is 1. The van der Waals surface area contributed by atoms with Crippen molar-refractivity contribution < 1.29 is 13.2 Å². The fourth-order valence-corrected chi connectivity index (χ4v) is 2.98. The van der Waals surface area contributed by atoms with E-state index < -0.39 is 17.5 Å². The van der Waals surface area contributed by atoms with Crippen molar-refractivity contribution in [1.82, 2.24) is 4.90 Å². The fourth-order valence-electron chi connectivity index (χ4n) is 2.98. The van der Waals surface area contributed by atoms with Crippen LogP contribution in [0.1, 0.15) is 24.8 Å². The molecule has 0 saturated heterocycles. The minimum atomic E-state index is -1.41. The summed E-state index contributed by atoms with van der Waals surface area (Å²) in [5.41, 5.74) is 6.17. The van der Waals surface area contributed by atoms with Crippen molar-refractivity contribution in [3.8, 4) is 0 Å². The fraction of sp³-hybridized carbons (Fsp3) is 0.571. The highest BCUT2D eigenvalue weighted by atomic mass is 19.2. The molecule has 0 heterocycles. The average Bonchev–Trinajstić information content (AvgIpc) is 2.84. The monoisotopic (exact) mass is 272 g/mol. The first kappa shape index (κ1) is 14.3. The molecular formula is C14H19F3N2. The maximum Gasteiger partial charge on any atom is 0.194 e. The summed E-state index contributed by atoms with van der Waals surface area (Å²) in [5, 5.41) is 0. The second kappa shape index (κ2) is 5.92. The van der Waals surface area contributed by atoms with Crippen molar-refractivity contribution in [3.05, 3.63) is 35.1 Å². The quantitative estimate of drug-likeness (QED) is 0.854. The molecule has 1 aromatic rings.